The Bertz CT molecular complexity index is 496. The van der Waals surface area contributed by atoms with Crippen LogP contribution in [0.25, 0.3) is 0 Å². The summed E-state index contributed by atoms with van der Waals surface area (Å²) in [6, 6.07) is 9.49. The largest absolute Gasteiger partial charge is 0.488 e. The molecule has 0 fully saturated rings. The van der Waals surface area contributed by atoms with Crippen molar-refractivity contribution in [2.75, 3.05) is 5.73 Å². The van der Waals surface area contributed by atoms with Crippen molar-refractivity contribution in [2.45, 2.75) is 13.5 Å². The molecule has 1 aromatic carbocycles. The first-order valence-corrected chi connectivity index (χ1v) is 6.08. The summed E-state index contributed by atoms with van der Waals surface area (Å²) < 4.78 is 6.47. The molecule has 0 saturated heterocycles. The number of nitrogen functional groups attached to an aromatic ring is 1. The molecule has 0 bridgehead atoms. The molecule has 2 N–H and O–H groups in total. The fraction of sp³-hybridized carbons (Fsp3) is 0.167. The Kier molecular flexibility index (Phi) is 3.36. The van der Waals surface area contributed by atoms with E-state index in [2.05, 4.69) is 0 Å². The summed E-state index contributed by atoms with van der Waals surface area (Å²) in [5.41, 5.74) is 7.50. The van der Waals surface area contributed by atoms with Gasteiger partial charge in [0.2, 0.25) is 0 Å². The Balaban J connectivity index is 2.07. The zero-order valence-electron chi connectivity index (χ0n) is 8.87. The monoisotopic (exact) mass is 253 g/mol. The summed E-state index contributed by atoms with van der Waals surface area (Å²) >= 11 is 7.37. The molecule has 0 radical (unpaired) electrons. The number of hydrogen-bond donors (Lipinski definition) is 1. The molecule has 0 unspecified atom stereocenters. The SMILES string of the molecule is Cc1ccc(N)cc1OCc1ccc(Cl)s1. The van der Waals surface area contributed by atoms with Crippen LogP contribution in [0.2, 0.25) is 4.34 Å². The molecule has 4 heteroatoms. The third-order valence-corrected chi connectivity index (χ3v) is 3.42. The highest BCUT2D eigenvalue weighted by Gasteiger charge is 2.02. The van der Waals surface area contributed by atoms with Crippen molar-refractivity contribution in [1.82, 2.24) is 0 Å². The minimum atomic E-state index is 0.529. The van der Waals surface area contributed by atoms with Crippen molar-refractivity contribution < 1.29 is 4.74 Å². The standard InChI is InChI=1S/C12H12ClNOS/c1-8-2-3-9(14)6-11(8)15-7-10-4-5-12(13)16-10/h2-6H,7,14H2,1H3. The highest BCUT2D eigenvalue weighted by Crippen LogP contribution is 2.25. The number of hydrogen-bond acceptors (Lipinski definition) is 3. The summed E-state index contributed by atoms with van der Waals surface area (Å²) in [7, 11) is 0. The van der Waals surface area contributed by atoms with Crippen LogP contribution >= 0.6 is 22.9 Å². The van der Waals surface area contributed by atoms with Gasteiger partial charge in [-0.1, -0.05) is 17.7 Å². The van der Waals surface area contributed by atoms with Gasteiger partial charge < -0.3 is 10.5 Å². The van der Waals surface area contributed by atoms with Gasteiger partial charge in [-0.05, 0) is 30.7 Å². The van der Waals surface area contributed by atoms with Crippen LogP contribution in [0.5, 0.6) is 5.75 Å². The Hall–Kier alpha value is -1.19. The van der Waals surface area contributed by atoms with E-state index in [1.165, 1.54) is 11.3 Å². The molecule has 0 spiro atoms. The number of thiophene rings is 1. The molecule has 0 aliphatic carbocycles. The molecular weight excluding hydrogens is 242 g/mol. The normalized spacial score (nSPS) is 10.4. The predicted molar refractivity (Wildman–Crippen MR) is 69.3 cm³/mol. The Morgan fingerprint density at radius 3 is 2.81 bits per heavy atom. The summed E-state index contributed by atoms with van der Waals surface area (Å²) in [6.07, 6.45) is 0. The van der Waals surface area contributed by atoms with Crippen molar-refractivity contribution in [2.24, 2.45) is 0 Å². The van der Waals surface area contributed by atoms with Gasteiger partial charge in [0.15, 0.2) is 0 Å². The van der Waals surface area contributed by atoms with E-state index in [0.29, 0.717) is 12.3 Å². The minimum absolute atomic E-state index is 0.529. The van der Waals surface area contributed by atoms with Crippen molar-refractivity contribution in [1.29, 1.82) is 0 Å². The van der Waals surface area contributed by atoms with Gasteiger partial charge >= 0.3 is 0 Å². The maximum Gasteiger partial charge on any atom is 0.124 e. The smallest absolute Gasteiger partial charge is 0.124 e. The van der Waals surface area contributed by atoms with Crippen LogP contribution in [-0.4, -0.2) is 0 Å². The van der Waals surface area contributed by atoms with E-state index in [-0.39, 0.29) is 0 Å². The maximum atomic E-state index is 5.84. The third-order valence-electron chi connectivity index (χ3n) is 2.21. The van der Waals surface area contributed by atoms with E-state index >= 15 is 0 Å². The maximum absolute atomic E-state index is 5.84. The number of nitrogens with two attached hydrogens (primary N) is 1. The lowest BCUT2D eigenvalue weighted by Gasteiger charge is -2.08. The average Bonchev–Trinajstić information content (AvgIpc) is 2.66. The summed E-state index contributed by atoms with van der Waals surface area (Å²) in [4.78, 5) is 1.10. The van der Waals surface area contributed by atoms with Crippen molar-refractivity contribution >= 4 is 28.6 Å². The quantitative estimate of drug-likeness (QED) is 0.843. The van der Waals surface area contributed by atoms with Crippen LogP contribution in [0.3, 0.4) is 0 Å². The molecule has 0 amide bonds. The lowest BCUT2D eigenvalue weighted by Crippen LogP contribution is -1.96. The van der Waals surface area contributed by atoms with E-state index in [9.17, 15) is 0 Å². The van der Waals surface area contributed by atoms with Gasteiger partial charge in [0, 0.05) is 16.6 Å². The molecule has 1 aromatic heterocycles. The Morgan fingerprint density at radius 1 is 1.31 bits per heavy atom. The second kappa shape index (κ2) is 4.76. The van der Waals surface area contributed by atoms with E-state index in [4.69, 9.17) is 22.1 Å². The molecule has 0 atom stereocenters. The van der Waals surface area contributed by atoms with Crippen LogP contribution in [0, 0.1) is 6.92 Å². The molecule has 2 rings (SSSR count). The van der Waals surface area contributed by atoms with Gasteiger partial charge in [-0.15, -0.1) is 11.3 Å². The van der Waals surface area contributed by atoms with E-state index < -0.39 is 0 Å². The van der Waals surface area contributed by atoms with Crippen LogP contribution in [0.1, 0.15) is 10.4 Å². The summed E-state index contributed by atoms with van der Waals surface area (Å²) in [6.45, 7) is 2.53. The third kappa shape index (κ3) is 2.68. The molecular formula is C12H12ClNOS. The lowest BCUT2D eigenvalue weighted by atomic mass is 10.2. The van der Waals surface area contributed by atoms with Crippen molar-refractivity contribution in [3.63, 3.8) is 0 Å². The summed E-state index contributed by atoms with van der Waals surface area (Å²) in [5.74, 6) is 0.824. The number of aryl methyl sites for hydroxylation is 1. The topological polar surface area (TPSA) is 35.2 Å². The molecule has 1 heterocycles. The first kappa shape index (κ1) is 11.3. The second-order valence-corrected chi connectivity index (χ2v) is 5.32. The molecule has 84 valence electrons. The molecule has 2 aromatic rings. The Labute approximate surface area is 104 Å². The number of halogens is 1. The van der Waals surface area contributed by atoms with Crippen LogP contribution in [-0.2, 0) is 6.61 Å². The first-order valence-electron chi connectivity index (χ1n) is 4.88. The molecule has 0 aliphatic rings. The number of benzene rings is 1. The van der Waals surface area contributed by atoms with Gasteiger partial charge in [0.05, 0.1) is 4.34 Å². The second-order valence-electron chi connectivity index (χ2n) is 3.52. The van der Waals surface area contributed by atoms with Gasteiger partial charge in [-0.3, -0.25) is 0 Å². The Morgan fingerprint density at radius 2 is 2.12 bits per heavy atom. The zero-order valence-corrected chi connectivity index (χ0v) is 10.4. The van der Waals surface area contributed by atoms with Gasteiger partial charge in [-0.2, -0.15) is 0 Å². The van der Waals surface area contributed by atoms with Crippen molar-refractivity contribution in [3.8, 4) is 5.75 Å². The molecule has 0 aliphatic heterocycles. The minimum Gasteiger partial charge on any atom is -0.488 e. The van der Waals surface area contributed by atoms with E-state index in [1.807, 2.05) is 37.3 Å². The highest BCUT2D eigenvalue weighted by molar-refractivity contribution is 7.16. The summed E-state index contributed by atoms with van der Waals surface area (Å²) in [5, 5.41) is 0. The van der Waals surface area contributed by atoms with Crippen LogP contribution < -0.4 is 10.5 Å². The van der Waals surface area contributed by atoms with Gasteiger partial charge in [0.25, 0.3) is 0 Å². The van der Waals surface area contributed by atoms with E-state index in [0.717, 1.165) is 20.5 Å². The fourth-order valence-corrected chi connectivity index (χ4v) is 2.35. The number of ether oxygens (including phenoxy) is 1. The number of anilines is 1. The average molecular weight is 254 g/mol. The predicted octanol–water partition coefficient (Wildman–Crippen LogP) is 3.87. The fourth-order valence-electron chi connectivity index (χ4n) is 1.35. The molecule has 0 saturated carbocycles. The van der Waals surface area contributed by atoms with Crippen LogP contribution in [0.4, 0.5) is 5.69 Å². The van der Waals surface area contributed by atoms with Crippen molar-refractivity contribution in [3.05, 3.63) is 45.1 Å². The highest BCUT2D eigenvalue weighted by atomic mass is 35.5. The van der Waals surface area contributed by atoms with Gasteiger partial charge in [-0.25, -0.2) is 0 Å². The molecule has 16 heavy (non-hydrogen) atoms. The first-order chi connectivity index (χ1) is 7.65. The lowest BCUT2D eigenvalue weighted by molar-refractivity contribution is 0.308. The van der Waals surface area contributed by atoms with Crippen LogP contribution in [0.15, 0.2) is 30.3 Å². The molecule has 2 nitrogen and oxygen atoms in total. The zero-order chi connectivity index (χ0) is 11.5. The number of rotatable bonds is 3. The van der Waals surface area contributed by atoms with Gasteiger partial charge in [0.1, 0.15) is 12.4 Å². The van der Waals surface area contributed by atoms with E-state index in [1.54, 1.807) is 0 Å².